The topological polar surface area (TPSA) is 103 Å². The number of thiazole rings is 1. The molecule has 170 valence electrons. The summed E-state index contributed by atoms with van der Waals surface area (Å²) in [5.74, 6) is 0.247. The van der Waals surface area contributed by atoms with E-state index in [-0.39, 0.29) is 11.6 Å². The third-order valence-corrected chi connectivity index (χ3v) is 8.14. The van der Waals surface area contributed by atoms with Crippen LogP contribution in [0.25, 0.3) is 25.4 Å². The summed E-state index contributed by atoms with van der Waals surface area (Å²) in [4.78, 5) is 28.9. The maximum atomic E-state index is 13.0. The third kappa shape index (κ3) is 3.64. The number of nitro benzene ring substituents is 1. The Kier molecular flexibility index (Phi) is 4.93. The maximum absolute atomic E-state index is 13.0. The van der Waals surface area contributed by atoms with Crippen molar-refractivity contribution in [3.05, 3.63) is 74.3 Å². The fourth-order valence-electron chi connectivity index (χ4n) is 4.40. The van der Waals surface area contributed by atoms with Crippen LogP contribution in [-0.2, 0) is 12.8 Å². The van der Waals surface area contributed by atoms with Crippen LogP contribution in [0, 0.1) is 17.0 Å². The number of carbonyl (C=O) groups is 1. The molecule has 2 aromatic carbocycles. The molecule has 6 rings (SSSR count). The molecule has 5 aromatic rings. The molecule has 0 saturated carbocycles. The van der Waals surface area contributed by atoms with Gasteiger partial charge in [-0.3, -0.25) is 14.9 Å². The molecule has 3 aromatic heterocycles. The average molecular weight is 490 g/mol. The van der Waals surface area contributed by atoms with E-state index in [9.17, 15) is 14.9 Å². The highest BCUT2D eigenvalue weighted by atomic mass is 32.1. The zero-order chi connectivity index (χ0) is 23.4. The summed E-state index contributed by atoms with van der Waals surface area (Å²) in [6.45, 7) is 1.87. The summed E-state index contributed by atoms with van der Waals surface area (Å²) >= 11 is 2.85. The number of nitrogens with one attached hydrogen (secondary N) is 1. The Morgan fingerprint density at radius 3 is 2.65 bits per heavy atom. The van der Waals surface area contributed by atoms with Gasteiger partial charge in [-0.05, 0) is 68.0 Å². The van der Waals surface area contributed by atoms with Crippen LogP contribution in [0.2, 0.25) is 0 Å². The largest absolute Gasteiger partial charge is 0.306 e. The average Bonchev–Trinajstić information content (AvgIpc) is 3.52. The lowest BCUT2D eigenvalue weighted by molar-refractivity contribution is -0.384. The Morgan fingerprint density at radius 2 is 1.85 bits per heavy atom. The lowest BCUT2D eigenvalue weighted by Gasteiger charge is -2.14. The summed E-state index contributed by atoms with van der Waals surface area (Å²) in [7, 11) is 0. The van der Waals surface area contributed by atoms with Crippen LogP contribution in [0.15, 0.2) is 42.5 Å². The van der Waals surface area contributed by atoms with Crippen LogP contribution >= 0.6 is 22.7 Å². The van der Waals surface area contributed by atoms with Gasteiger partial charge in [-0.15, -0.1) is 11.3 Å². The van der Waals surface area contributed by atoms with E-state index in [4.69, 9.17) is 4.98 Å². The van der Waals surface area contributed by atoms with Crippen LogP contribution in [0.1, 0.15) is 39.3 Å². The van der Waals surface area contributed by atoms with E-state index in [1.165, 1.54) is 47.4 Å². The summed E-state index contributed by atoms with van der Waals surface area (Å²) < 4.78 is 3.61. The van der Waals surface area contributed by atoms with Crippen molar-refractivity contribution in [1.82, 2.24) is 14.8 Å². The first-order valence-electron chi connectivity index (χ1n) is 10.9. The van der Waals surface area contributed by atoms with Crippen molar-refractivity contribution >= 4 is 60.4 Å². The van der Waals surface area contributed by atoms with Gasteiger partial charge in [0.05, 0.1) is 25.7 Å². The lowest BCUT2D eigenvalue weighted by atomic mass is 9.92. The molecule has 0 aliphatic heterocycles. The number of anilines is 1. The minimum absolute atomic E-state index is 0.00322. The standard InChI is InChI=1S/C24H19N5O3S2/c1-13-8-22(26-23(30)21-12-16-9-17(29(31)32)6-7-19(16)33-21)28(27-13)24-25-18-10-14-4-2-3-5-15(14)11-20(18)34-24/h6-12H,2-5H2,1H3,(H,26,30). The van der Waals surface area contributed by atoms with Crippen LogP contribution in [0.5, 0.6) is 0 Å². The maximum Gasteiger partial charge on any atom is 0.270 e. The van der Waals surface area contributed by atoms with E-state index in [0.717, 1.165) is 33.5 Å². The third-order valence-electron chi connectivity index (χ3n) is 6.03. The summed E-state index contributed by atoms with van der Waals surface area (Å²) in [5, 5.41) is 19.9. The predicted molar refractivity (Wildman–Crippen MR) is 135 cm³/mol. The van der Waals surface area contributed by atoms with E-state index >= 15 is 0 Å². The molecule has 1 aliphatic carbocycles. The highest BCUT2D eigenvalue weighted by Crippen LogP contribution is 2.33. The van der Waals surface area contributed by atoms with Crippen LogP contribution in [0.4, 0.5) is 11.5 Å². The van der Waals surface area contributed by atoms with Gasteiger partial charge in [0.1, 0.15) is 5.82 Å². The molecule has 0 spiro atoms. The fraction of sp³-hybridized carbons (Fsp3) is 0.208. The van der Waals surface area contributed by atoms with E-state index in [1.807, 2.05) is 13.0 Å². The number of hydrogen-bond donors (Lipinski definition) is 1. The van der Waals surface area contributed by atoms with E-state index < -0.39 is 4.92 Å². The van der Waals surface area contributed by atoms with Gasteiger partial charge in [0.2, 0.25) is 5.13 Å². The molecule has 0 bridgehead atoms. The first-order chi connectivity index (χ1) is 16.4. The van der Waals surface area contributed by atoms with E-state index in [1.54, 1.807) is 28.2 Å². The van der Waals surface area contributed by atoms with Gasteiger partial charge in [-0.25, -0.2) is 4.98 Å². The van der Waals surface area contributed by atoms with Crippen molar-refractivity contribution in [2.24, 2.45) is 0 Å². The smallest absolute Gasteiger partial charge is 0.270 e. The fourth-order valence-corrected chi connectivity index (χ4v) is 6.32. The number of carbonyl (C=O) groups excluding carboxylic acids is 1. The number of amides is 1. The molecule has 1 aliphatic rings. The number of fused-ring (bicyclic) bond motifs is 3. The number of benzene rings is 2. The first kappa shape index (κ1) is 20.9. The van der Waals surface area contributed by atoms with Gasteiger partial charge in [0.15, 0.2) is 0 Å². The first-order valence-corrected chi connectivity index (χ1v) is 12.6. The molecule has 0 atom stereocenters. The van der Waals surface area contributed by atoms with Gasteiger partial charge in [0, 0.05) is 28.3 Å². The van der Waals surface area contributed by atoms with Crippen LogP contribution < -0.4 is 5.32 Å². The van der Waals surface area contributed by atoms with Gasteiger partial charge >= 0.3 is 0 Å². The van der Waals surface area contributed by atoms with Gasteiger partial charge in [-0.1, -0.05) is 11.3 Å². The Labute approximate surface area is 202 Å². The van der Waals surface area contributed by atoms with E-state index in [2.05, 4.69) is 22.5 Å². The Bertz CT molecular complexity index is 1570. The summed E-state index contributed by atoms with van der Waals surface area (Å²) in [6.07, 6.45) is 4.65. The molecule has 8 nitrogen and oxygen atoms in total. The number of non-ortho nitro benzene ring substituents is 1. The SMILES string of the molecule is Cc1cc(NC(=O)c2cc3cc([N+](=O)[O-])ccc3s2)n(-c2nc3cc4c(cc3s2)CCCC4)n1. The zero-order valence-corrected chi connectivity index (χ0v) is 19.8. The number of aromatic nitrogens is 3. The van der Waals surface area contributed by atoms with Crippen molar-refractivity contribution in [3.63, 3.8) is 0 Å². The van der Waals surface area contributed by atoms with Crippen molar-refractivity contribution in [3.8, 4) is 5.13 Å². The quantitative estimate of drug-likeness (QED) is 0.245. The number of rotatable bonds is 4. The van der Waals surface area contributed by atoms with Gasteiger partial charge in [-0.2, -0.15) is 9.78 Å². The van der Waals surface area contributed by atoms with Crippen molar-refractivity contribution in [2.45, 2.75) is 32.6 Å². The summed E-state index contributed by atoms with van der Waals surface area (Å²) in [6, 6.07) is 12.5. The molecule has 0 fully saturated rings. The minimum atomic E-state index is -0.438. The Hall–Kier alpha value is -3.63. The highest BCUT2D eigenvalue weighted by Gasteiger charge is 2.19. The number of thiophene rings is 1. The van der Waals surface area contributed by atoms with E-state index in [0.29, 0.717) is 21.2 Å². The van der Waals surface area contributed by atoms with Gasteiger partial charge in [0.25, 0.3) is 11.6 Å². The molecular weight excluding hydrogens is 470 g/mol. The second-order valence-corrected chi connectivity index (χ2v) is 10.5. The molecule has 0 saturated heterocycles. The molecule has 0 radical (unpaired) electrons. The molecular formula is C24H19N5O3S2. The van der Waals surface area contributed by atoms with Gasteiger partial charge < -0.3 is 5.32 Å². The second kappa shape index (κ2) is 8.00. The minimum Gasteiger partial charge on any atom is -0.306 e. The molecule has 3 heterocycles. The lowest BCUT2D eigenvalue weighted by Crippen LogP contribution is -2.13. The number of nitrogens with zero attached hydrogens (tertiary/aromatic N) is 4. The van der Waals surface area contributed by atoms with Crippen LogP contribution in [0.3, 0.4) is 0 Å². The van der Waals surface area contributed by atoms with Crippen molar-refractivity contribution in [2.75, 3.05) is 5.32 Å². The number of aryl methyl sites for hydroxylation is 3. The van der Waals surface area contributed by atoms with Crippen LogP contribution in [-0.4, -0.2) is 25.6 Å². The Balaban J connectivity index is 1.33. The number of hydrogen-bond acceptors (Lipinski definition) is 7. The molecule has 34 heavy (non-hydrogen) atoms. The normalized spacial score (nSPS) is 13.3. The summed E-state index contributed by atoms with van der Waals surface area (Å²) in [5.41, 5.74) is 4.51. The zero-order valence-electron chi connectivity index (χ0n) is 18.2. The second-order valence-electron chi connectivity index (χ2n) is 8.42. The Morgan fingerprint density at radius 1 is 1.06 bits per heavy atom. The highest BCUT2D eigenvalue weighted by molar-refractivity contribution is 7.21. The molecule has 1 N–H and O–H groups in total. The van der Waals surface area contributed by atoms with Crippen molar-refractivity contribution in [1.29, 1.82) is 0 Å². The monoisotopic (exact) mass is 489 g/mol. The predicted octanol–water partition coefficient (Wildman–Crippen LogP) is 6.04. The molecule has 0 unspecified atom stereocenters. The molecule has 10 heteroatoms. The molecule has 1 amide bonds. The number of nitro groups is 1. The van der Waals surface area contributed by atoms with Crippen molar-refractivity contribution < 1.29 is 9.72 Å².